The molecule has 1 aromatic rings. The number of rotatable bonds is 5. The van der Waals surface area contributed by atoms with Crippen molar-refractivity contribution in [1.82, 2.24) is 5.32 Å². The number of ether oxygens (including phenoxy) is 2. The molecule has 1 amide bonds. The standard InChI is InChI=1S/C18H24N2O3/c1-13(15-5-6-17-18(11-15)23-10-9-22-17)16(19-14(2)21)12-20-7-3-4-8-20/h5-7,11,13,16H,3-4,8-10,12H2,1-2H3/p+1/t13-,16-/m1/s1. The van der Waals surface area contributed by atoms with Crippen molar-refractivity contribution >= 4 is 12.1 Å². The van der Waals surface area contributed by atoms with Crippen LogP contribution in [0.15, 0.2) is 18.2 Å². The second-order valence-electron chi connectivity index (χ2n) is 6.32. The quantitative estimate of drug-likeness (QED) is 0.845. The molecule has 0 saturated heterocycles. The fourth-order valence-corrected chi connectivity index (χ4v) is 3.24. The molecule has 2 atom stereocenters. The lowest BCUT2D eigenvalue weighted by Crippen LogP contribution is -2.43. The van der Waals surface area contributed by atoms with E-state index >= 15 is 0 Å². The number of amides is 1. The Bertz CT molecular complexity index is 612. The Kier molecular flexibility index (Phi) is 4.84. The summed E-state index contributed by atoms with van der Waals surface area (Å²) in [5, 5.41) is 3.11. The highest BCUT2D eigenvalue weighted by Gasteiger charge is 2.27. The molecule has 2 aliphatic rings. The zero-order valence-electron chi connectivity index (χ0n) is 13.9. The molecule has 0 aliphatic carbocycles. The molecule has 2 heterocycles. The van der Waals surface area contributed by atoms with Crippen molar-refractivity contribution in [2.24, 2.45) is 0 Å². The summed E-state index contributed by atoms with van der Waals surface area (Å²) >= 11 is 0. The maximum atomic E-state index is 11.6. The van der Waals surface area contributed by atoms with Crippen LogP contribution in [0.5, 0.6) is 11.5 Å². The molecule has 0 fully saturated rings. The van der Waals surface area contributed by atoms with Crippen LogP contribution in [-0.4, -0.2) is 49.0 Å². The number of carbonyl (C=O) groups excluding carboxylic acids is 1. The normalized spacial score (nSPS) is 19.0. The van der Waals surface area contributed by atoms with Gasteiger partial charge >= 0.3 is 0 Å². The smallest absolute Gasteiger partial charge is 0.217 e. The Morgan fingerprint density at radius 3 is 2.78 bits per heavy atom. The third-order valence-corrected chi connectivity index (χ3v) is 4.55. The van der Waals surface area contributed by atoms with Gasteiger partial charge in [0.2, 0.25) is 5.91 Å². The first kappa shape index (κ1) is 15.8. The van der Waals surface area contributed by atoms with Crippen molar-refractivity contribution in [1.29, 1.82) is 0 Å². The zero-order valence-corrected chi connectivity index (χ0v) is 13.9. The van der Waals surface area contributed by atoms with Crippen LogP contribution in [0.2, 0.25) is 0 Å². The second kappa shape index (κ2) is 7.02. The van der Waals surface area contributed by atoms with Gasteiger partial charge in [0, 0.05) is 25.7 Å². The third kappa shape index (κ3) is 3.84. The zero-order chi connectivity index (χ0) is 16.2. The molecule has 0 radical (unpaired) electrons. The van der Waals surface area contributed by atoms with Gasteiger partial charge in [-0.2, -0.15) is 0 Å². The fourth-order valence-electron chi connectivity index (χ4n) is 3.24. The van der Waals surface area contributed by atoms with Gasteiger partial charge in [-0.05, 0) is 17.7 Å². The SMILES string of the molecule is CC(=O)N[C@H](C[N+]1=CCCC1)[C@H](C)c1ccc2c(c1)OCCO2. The van der Waals surface area contributed by atoms with E-state index in [9.17, 15) is 4.79 Å². The largest absolute Gasteiger partial charge is 0.486 e. The molecule has 0 bridgehead atoms. The molecule has 0 unspecified atom stereocenters. The summed E-state index contributed by atoms with van der Waals surface area (Å²) in [4.78, 5) is 11.6. The first-order chi connectivity index (χ1) is 11.1. The van der Waals surface area contributed by atoms with Gasteiger partial charge in [-0.3, -0.25) is 4.79 Å². The molecule has 124 valence electrons. The van der Waals surface area contributed by atoms with Gasteiger partial charge in [0.05, 0.1) is 6.04 Å². The number of benzene rings is 1. The highest BCUT2D eigenvalue weighted by atomic mass is 16.6. The van der Waals surface area contributed by atoms with Crippen LogP contribution in [0.3, 0.4) is 0 Å². The molecule has 1 aromatic carbocycles. The van der Waals surface area contributed by atoms with Crippen molar-refractivity contribution in [2.45, 2.75) is 38.6 Å². The van der Waals surface area contributed by atoms with E-state index in [2.05, 4.69) is 29.1 Å². The van der Waals surface area contributed by atoms with E-state index in [1.807, 2.05) is 12.1 Å². The topological polar surface area (TPSA) is 50.6 Å². The molecule has 0 saturated carbocycles. The monoisotopic (exact) mass is 317 g/mol. The maximum absolute atomic E-state index is 11.6. The Morgan fingerprint density at radius 1 is 1.30 bits per heavy atom. The van der Waals surface area contributed by atoms with Crippen LogP contribution in [-0.2, 0) is 4.79 Å². The van der Waals surface area contributed by atoms with E-state index in [-0.39, 0.29) is 17.9 Å². The van der Waals surface area contributed by atoms with E-state index < -0.39 is 0 Å². The van der Waals surface area contributed by atoms with Crippen LogP contribution in [0.25, 0.3) is 0 Å². The fraction of sp³-hybridized carbons (Fsp3) is 0.556. The molecule has 3 rings (SSSR count). The summed E-state index contributed by atoms with van der Waals surface area (Å²) in [5.74, 6) is 1.81. The Morgan fingerprint density at radius 2 is 2.09 bits per heavy atom. The molecule has 5 heteroatoms. The number of hydrogen-bond donors (Lipinski definition) is 1. The van der Waals surface area contributed by atoms with Gasteiger partial charge in [-0.15, -0.1) is 0 Å². The van der Waals surface area contributed by atoms with E-state index in [0.717, 1.165) is 36.6 Å². The summed E-state index contributed by atoms with van der Waals surface area (Å²) in [7, 11) is 0. The van der Waals surface area contributed by atoms with Gasteiger partial charge in [0.1, 0.15) is 26.0 Å². The number of fused-ring (bicyclic) bond motifs is 1. The number of hydrogen-bond acceptors (Lipinski definition) is 3. The van der Waals surface area contributed by atoms with Gasteiger partial charge in [0.25, 0.3) is 0 Å². The Balaban J connectivity index is 1.78. The summed E-state index contributed by atoms with van der Waals surface area (Å²) in [6.45, 7) is 6.84. The van der Waals surface area contributed by atoms with Crippen molar-refractivity contribution in [3.63, 3.8) is 0 Å². The minimum absolute atomic E-state index is 0.0126. The van der Waals surface area contributed by atoms with E-state index in [1.54, 1.807) is 6.92 Å². The second-order valence-corrected chi connectivity index (χ2v) is 6.32. The number of nitrogens with one attached hydrogen (secondary N) is 1. The lowest BCUT2D eigenvalue weighted by molar-refractivity contribution is -0.519. The van der Waals surface area contributed by atoms with Crippen LogP contribution in [0.4, 0.5) is 0 Å². The molecule has 1 N–H and O–H groups in total. The van der Waals surface area contributed by atoms with Crippen molar-refractivity contribution in [3.8, 4) is 11.5 Å². The first-order valence-corrected chi connectivity index (χ1v) is 8.37. The average molecular weight is 317 g/mol. The minimum Gasteiger partial charge on any atom is -0.486 e. The van der Waals surface area contributed by atoms with Crippen molar-refractivity contribution in [3.05, 3.63) is 23.8 Å². The molecule has 23 heavy (non-hydrogen) atoms. The van der Waals surface area contributed by atoms with Gasteiger partial charge in [-0.1, -0.05) is 13.0 Å². The summed E-state index contributed by atoms with van der Waals surface area (Å²) in [6.07, 6.45) is 4.57. The molecule has 0 spiro atoms. The predicted octanol–water partition coefficient (Wildman–Crippen LogP) is 1.94. The lowest BCUT2D eigenvalue weighted by atomic mass is 9.92. The van der Waals surface area contributed by atoms with E-state index in [0.29, 0.717) is 13.2 Å². The minimum atomic E-state index is 0.0126. The van der Waals surface area contributed by atoms with E-state index in [4.69, 9.17) is 9.47 Å². The first-order valence-electron chi connectivity index (χ1n) is 8.37. The highest BCUT2D eigenvalue weighted by molar-refractivity contribution is 5.73. The Hall–Kier alpha value is -2.04. The van der Waals surface area contributed by atoms with Crippen molar-refractivity contribution in [2.75, 3.05) is 26.3 Å². The van der Waals surface area contributed by atoms with Crippen LogP contribution >= 0.6 is 0 Å². The van der Waals surface area contributed by atoms with Crippen molar-refractivity contribution < 1.29 is 18.8 Å². The summed E-state index contributed by atoms with van der Waals surface area (Å²) in [6, 6.07) is 6.15. The third-order valence-electron chi connectivity index (χ3n) is 4.55. The molecular weight excluding hydrogens is 292 g/mol. The Labute approximate surface area is 137 Å². The average Bonchev–Trinajstić information content (AvgIpc) is 3.06. The van der Waals surface area contributed by atoms with Crippen LogP contribution in [0, 0.1) is 0 Å². The van der Waals surface area contributed by atoms with Gasteiger partial charge in [-0.25, -0.2) is 4.58 Å². The van der Waals surface area contributed by atoms with Crippen LogP contribution < -0.4 is 14.8 Å². The highest BCUT2D eigenvalue weighted by Crippen LogP contribution is 2.34. The molecular formula is C18H25N2O3+. The van der Waals surface area contributed by atoms with Gasteiger partial charge < -0.3 is 14.8 Å². The molecule has 2 aliphatic heterocycles. The maximum Gasteiger partial charge on any atom is 0.217 e. The summed E-state index contributed by atoms with van der Waals surface area (Å²) < 4.78 is 13.6. The van der Waals surface area contributed by atoms with E-state index in [1.165, 1.54) is 6.42 Å². The van der Waals surface area contributed by atoms with Crippen LogP contribution in [0.1, 0.15) is 38.2 Å². The van der Waals surface area contributed by atoms with Gasteiger partial charge in [0.15, 0.2) is 18.0 Å². The molecule has 5 nitrogen and oxygen atoms in total. The predicted molar refractivity (Wildman–Crippen MR) is 88.7 cm³/mol. The number of nitrogens with zero attached hydrogens (tertiary/aromatic N) is 1. The lowest BCUT2D eigenvalue weighted by Gasteiger charge is -2.25. The summed E-state index contributed by atoms with van der Waals surface area (Å²) in [5.41, 5.74) is 1.16. The molecule has 0 aromatic heterocycles. The number of carbonyl (C=O) groups is 1.